The Kier molecular flexibility index (Phi) is 8.08. The van der Waals surface area contributed by atoms with Crippen LogP contribution in [0.15, 0.2) is 30.5 Å². The van der Waals surface area contributed by atoms with Crippen LogP contribution in [0.4, 0.5) is 24.8 Å². The molecule has 0 radical (unpaired) electrons. The van der Waals surface area contributed by atoms with Crippen molar-refractivity contribution in [3.8, 4) is 5.88 Å². The van der Waals surface area contributed by atoms with E-state index in [1.54, 1.807) is 11.9 Å². The first kappa shape index (κ1) is 22.0. The molecule has 0 unspecified atom stereocenters. The lowest BCUT2D eigenvalue weighted by atomic mass is 10.1. The quantitative estimate of drug-likeness (QED) is 0.451. The van der Waals surface area contributed by atoms with E-state index in [4.69, 9.17) is 4.74 Å². The van der Waals surface area contributed by atoms with Gasteiger partial charge in [0, 0.05) is 18.9 Å². The van der Waals surface area contributed by atoms with Gasteiger partial charge in [-0.15, -0.1) is 0 Å². The van der Waals surface area contributed by atoms with Crippen LogP contribution in [0.25, 0.3) is 0 Å². The Morgan fingerprint density at radius 3 is 2.32 bits per heavy atom. The summed E-state index contributed by atoms with van der Waals surface area (Å²) >= 11 is 0. The smallest absolute Gasteiger partial charge is 0.423 e. The Morgan fingerprint density at radius 1 is 1.00 bits per heavy atom. The molecule has 0 spiro atoms. The third-order valence-electron chi connectivity index (χ3n) is 4.45. The highest BCUT2D eigenvalue weighted by molar-refractivity contribution is 5.57. The molecule has 0 aliphatic heterocycles. The molecule has 0 saturated heterocycles. The zero-order chi connectivity index (χ0) is 20.6. The van der Waals surface area contributed by atoms with Crippen LogP contribution in [0.3, 0.4) is 0 Å². The van der Waals surface area contributed by atoms with Gasteiger partial charge >= 0.3 is 6.18 Å². The normalized spacial score (nSPS) is 11.5. The molecular weight excluding hydrogens is 367 g/mol. The lowest BCUT2D eigenvalue weighted by Crippen LogP contribution is -2.17. The lowest BCUT2D eigenvalue weighted by molar-refractivity contribution is -0.139. The van der Waals surface area contributed by atoms with E-state index in [1.165, 1.54) is 5.56 Å². The fourth-order valence-electron chi connectivity index (χ4n) is 2.81. The second-order valence-electron chi connectivity index (χ2n) is 6.77. The number of ether oxygens (including phenoxy) is 1. The molecule has 1 aromatic carbocycles. The van der Waals surface area contributed by atoms with Crippen molar-refractivity contribution in [2.45, 2.75) is 58.5 Å². The van der Waals surface area contributed by atoms with Gasteiger partial charge in [-0.2, -0.15) is 18.2 Å². The van der Waals surface area contributed by atoms with Crippen molar-refractivity contribution in [2.24, 2.45) is 0 Å². The van der Waals surface area contributed by atoms with Gasteiger partial charge < -0.3 is 9.64 Å². The molecule has 154 valence electrons. The average Bonchev–Trinajstić information content (AvgIpc) is 2.67. The summed E-state index contributed by atoms with van der Waals surface area (Å²) in [6.45, 7) is 4.39. The van der Waals surface area contributed by atoms with Gasteiger partial charge in [0.2, 0.25) is 11.8 Å². The predicted octanol–water partition coefficient (Wildman–Crippen LogP) is 6.17. The van der Waals surface area contributed by atoms with Crippen LogP contribution in [0.5, 0.6) is 5.88 Å². The van der Waals surface area contributed by atoms with E-state index in [2.05, 4.69) is 23.8 Å². The van der Waals surface area contributed by atoms with Gasteiger partial charge in [-0.1, -0.05) is 51.7 Å². The molecule has 0 saturated carbocycles. The summed E-state index contributed by atoms with van der Waals surface area (Å²) in [4.78, 5) is 9.63. The number of anilines is 2. The number of aryl methyl sites for hydroxylation is 1. The van der Waals surface area contributed by atoms with Gasteiger partial charge in [0.15, 0.2) is 0 Å². The standard InChI is InChI=1S/C21H28F3N3O/c1-4-6-7-8-14-28-19-18(21(22,23)24)15-25-20(26-19)27(3)17-12-10-16(9-5-2)11-13-17/h10-13,15H,4-9,14H2,1-3H3. The highest BCUT2D eigenvalue weighted by atomic mass is 19.4. The number of rotatable bonds is 10. The molecule has 4 nitrogen and oxygen atoms in total. The monoisotopic (exact) mass is 395 g/mol. The van der Waals surface area contributed by atoms with Gasteiger partial charge in [0.05, 0.1) is 6.61 Å². The van der Waals surface area contributed by atoms with E-state index < -0.39 is 17.6 Å². The van der Waals surface area contributed by atoms with E-state index in [-0.39, 0.29) is 12.6 Å². The molecule has 2 aromatic rings. The lowest BCUT2D eigenvalue weighted by Gasteiger charge is -2.20. The van der Waals surface area contributed by atoms with Crippen LogP contribution in [0.2, 0.25) is 0 Å². The molecule has 0 aliphatic rings. The number of benzene rings is 1. The summed E-state index contributed by atoms with van der Waals surface area (Å²) in [7, 11) is 1.72. The van der Waals surface area contributed by atoms with Crippen LogP contribution >= 0.6 is 0 Å². The minimum absolute atomic E-state index is 0.166. The Balaban J connectivity index is 2.20. The van der Waals surface area contributed by atoms with Gasteiger partial charge in [0.1, 0.15) is 5.56 Å². The second-order valence-corrected chi connectivity index (χ2v) is 6.77. The maximum absolute atomic E-state index is 13.3. The first-order valence-corrected chi connectivity index (χ1v) is 9.76. The van der Waals surface area contributed by atoms with E-state index in [0.29, 0.717) is 6.42 Å². The maximum atomic E-state index is 13.3. The number of halogens is 3. The van der Waals surface area contributed by atoms with Crippen LogP contribution in [-0.4, -0.2) is 23.6 Å². The summed E-state index contributed by atoms with van der Waals surface area (Å²) in [5.74, 6) is -0.247. The SMILES string of the molecule is CCCCCCOc1nc(N(C)c2ccc(CCC)cc2)ncc1C(F)(F)F. The molecule has 7 heteroatoms. The van der Waals surface area contributed by atoms with Crippen molar-refractivity contribution in [1.82, 2.24) is 9.97 Å². The summed E-state index contributed by atoms with van der Waals surface area (Å²) in [5.41, 5.74) is 1.07. The Bertz CT molecular complexity index is 733. The number of nitrogens with zero attached hydrogens (tertiary/aromatic N) is 3. The van der Waals surface area contributed by atoms with Crippen LogP contribution in [-0.2, 0) is 12.6 Å². The van der Waals surface area contributed by atoms with Gasteiger partial charge in [0.25, 0.3) is 0 Å². The van der Waals surface area contributed by atoms with E-state index >= 15 is 0 Å². The summed E-state index contributed by atoms with van der Waals surface area (Å²) in [5, 5.41) is 0. The van der Waals surface area contributed by atoms with Gasteiger partial charge in [-0.25, -0.2) is 4.98 Å². The molecule has 0 N–H and O–H groups in total. The van der Waals surface area contributed by atoms with Crippen LogP contribution in [0.1, 0.15) is 57.1 Å². The zero-order valence-corrected chi connectivity index (χ0v) is 16.7. The number of hydrogen-bond donors (Lipinski definition) is 0. The fourth-order valence-corrected chi connectivity index (χ4v) is 2.81. The predicted molar refractivity (Wildman–Crippen MR) is 105 cm³/mol. The number of alkyl halides is 3. The molecule has 28 heavy (non-hydrogen) atoms. The highest BCUT2D eigenvalue weighted by Gasteiger charge is 2.36. The molecule has 0 fully saturated rings. The van der Waals surface area contributed by atoms with E-state index in [9.17, 15) is 13.2 Å². The van der Waals surface area contributed by atoms with Crippen molar-refractivity contribution in [1.29, 1.82) is 0 Å². The number of hydrogen-bond acceptors (Lipinski definition) is 4. The van der Waals surface area contributed by atoms with Crippen LogP contribution in [0, 0.1) is 0 Å². The Labute approximate surface area is 164 Å². The van der Waals surface area contributed by atoms with E-state index in [0.717, 1.165) is 44.0 Å². The molecule has 1 aromatic heterocycles. The summed E-state index contributed by atoms with van der Waals surface area (Å²) in [6.07, 6.45) is 1.96. The molecule has 0 bridgehead atoms. The minimum Gasteiger partial charge on any atom is -0.477 e. The second kappa shape index (κ2) is 10.3. The van der Waals surface area contributed by atoms with Crippen molar-refractivity contribution in [3.63, 3.8) is 0 Å². The minimum atomic E-state index is -4.56. The summed E-state index contributed by atoms with van der Waals surface area (Å²) < 4.78 is 45.2. The maximum Gasteiger partial charge on any atom is 0.423 e. The third kappa shape index (κ3) is 6.11. The molecule has 0 atom stereocenters. The van der Waals surface area contributed by atoms with Crippen molar-refractivity contribution >= 4 is 11.6 Å². The van der Waals surface area contributed by atoms with Crippen LogP contribution < -0.4 is 9.64 Å². The highest BCUT2D eigenvalue weighted by Crippen LogP contribution is 2.36. The Hall–Kier alpha value is -2.31. The van der Waals surface area contributed by atoms with Crippen molar-refractivity contribution in [2.75, 3.05) is 18.6 Å². The first-order chi connectivity index (χ1) is 13.4. The van der Waals surface area contributed by atoms with Crippen molar-refractivity contribution in [3.05, 3.63) is 41.6 Å². The van der Waals surface area contributed by atoms with Crippen molar-refractivity contribution < 1.29 is 17.9 Å². The molecule has 0 amide bonds. The fraction of sp³-hybridized carbons (Fsp3) is 0.524. The molecule has 2 rings (SSSR count). The number of unbranched alkanes of at least 4 members (excludes halogenated alkanes) is 3. The Morgan fingerprint density at radius 2 is 1.71 bits per heavy atom. The van der Waals surface area contributed by atoms with E-state index in [1.807, 2.05) is 24.3 Å². The third-order valence-corrected chi connectivity index (χ3v) is 4.45. The topological polar surface area (TPSA) is 38.2 Å². The zero-order valence-electron chi connectivity index (χ0n) is 16.7. The summed E-state index contributed by atoms with van der Waals surface area (Å²) in [6, 6.07) is 7.84. The first-order valence-electron chi connectivity index (χ1n) is 9.76. The molecule has 1 heterocycles. The van der Waals surface area contributed by atoms with Gasteiger partial charge in [-0.05, 0) is 30.5 Å². The molecular formula is C21H28F3N3O. The van der Waals surface area contributed by atoms with Gasteiger partial charge in [-0.3, -0.25) is 0 Å². The largest absolute Gasteiger partial charge is 0.477 e. The molecule has 0 aliphatic carbocycles. The average molecular weight is 395 g/mol. The number of aromatic nitrogens is 2.